The Morgan fingerprint density at radius 1 is 0.969 bits per heavy atom. The normalized spacial score (nSPS) is 14.1. The third-order valence-corrected chi connectivity index (χ3v) is 6.36. The molecule has 2 aromatic rings. The van der Waals surface area contributed by atoms with E-state index in [1.54, 1.807) is 6.07 Å². The summed E-state index contributed by atoms with van der Waals surface area (Å²) in [6.45, 7) is 2.25. The van der Waals surface area contributed by atoms with Crippen LogP contribution in [0.3, 0.4) is 0 Å². The SMILES string of the molecule is CCCCCCCCCCCc1cnc(-c2ccc(OC(=O)C3CCCC3)c(F)c2)nc1. The van der Waals surface area contributed by atoms with Crippen molar-refractivity contribution < 1.29 is 13.9 Å². The van der Waals surface area contributed by atoms with Gasteiger partial charge in [-0.05, 0) is 49.4 Å². The fourth-order valence-corrected chi connectivity index (χ4v) is 4.35. The van der Waals surface area contributed by atoms with Gasteiger partial charge in [0.15, 0.2) is 17.4 Å². The summed E-state index contributed by atoms with van der Waals surface area (Å²) in [5.74, 6) is -0.528. The first-order valence-corrected chi connectivity index (χ1v) is 12.5. The molecule has 32 heavy (non-hydrogen) atoms. The van der Waals surface area contributed by atoms with Gasteiger partial charge in [-0.1, -0.05) is 71.1 Å². The quantitative estimate of drug-likeness (QED) is 0.184. The molecule has 4 nitrogen and oxygen atoms in total. The second kappa shape index (κ2) is 13.3. The van der Waals surface area contributed by atoms with Gasteiger partial charge in [0.1, 0.15) is 0 Å². The van der Waals surface area contributed by atoms with Gasteiger partial charge in [0.2, 0.25) is 0 Å². The van der Waals surface area contributed by atoms with Crippen LogP contribution in [0.2, 0.25) is 0 Å². The fourth-order valence-electron chi connectivity index (χ4n) is 4.35. The molecule has 1 aromatic carbocycles. The van der Waals surface area contributed by atoms with Crippen molar-refractivity contribution in [2.24, 2.45) is 5.92 Å². The third kappa shape index (κ3) is 7.68. The average Bonchev–Trinajstić information content (AvgIpc) is 3.35. The van der Waals surface area contributed by atoms with E-state index in [0.717, 1.165) is 44.1 Å². The average molecular weight is 441 g/mol. The van der Waals surface area contributed by atoms with Crippen molar-refractivity contribution in [2.75, 3.05) is 0 Å². The minimum Gasteiger partial charge on any atom is -0.423 e. The maximum Gasteiger partial charge on any atom is 0.314 e. The lowest BCUT2D eigenvalue weighted by Crippen LogP contribution is -2.18. The molecular weight excluding hydrogens is 403 g/mol. The molecule has 1 saturated carbocycles. The molecule has 174 valence electrons. The van der Waals surface area contributed by atoms with E-state index < -0.39 is 5.82 Å². The zero-order valence-electron chi connectivity index (χ0n) is 19.5. The molecule has 0 N–H and O–H groups in total. The standard InChI is InChI=1S/C27H37FN2O2/c1-2-3-4-5-6-7-8-9-10-13-21-19-29-26(30-20-21)23-16-17-25(24(28)18-23)32-27(31)22-14-11-12-15-22/h16-20,22H,2-15H2,1H3. The Morgan fingerprint density at radius 3 is 2.22 bits per heavy atom. The van der Waals surface area contributed by atoms with Gasteiger partial charge in [0.05, 0.1) is 5.92 Å². The van der Waals surface area contributed by atoms with Crippen LogP contribution in [0.4, 0.5) is 4.39 Å². The molecule has 0 unspecified atom stereocenters. The maximum absolute atomic E-state index is 14.5. The Hall–Kier alpha value is -2.30. The molecule has 1 aromatic heterocycles. The lowest BCUT2D eigenvalue weighted by atomic mass is 10.1. The smallest absolute Gasteiger partial charge is 0.314 e. The molecule has 3 rings (SSSR count). The van der Waals surface area contributed by atoms with Gasteiger partial charge in [-0.25, -0.2) is 14.4 Å². The highest BCUT2D eigenvalue weighted by atomic mass is 19.1. The van der Waals surface area contributed by atoms with Crippen molar-refractivity contribution >= 4 is 5.97 Å². The Balaban J connectivity index is 1.42. The predicted octanol–water partition coefficient (Wildman–Crippen LogP) is 7.45. The largest absolute Gasteiger partial charge is 0.423 e. The summed E-state index contributed by atoms with van der Waals surface area (Å²) in [6.07, 6.45) is 20.1. The minimum atomic E-state index is -0.559. The maximum atomic E-state index is 14.5. The number of hydrogen-bond acceptors (Lipinski definition) is 4. The van der Waals surface area contributed by atoms with Gasteiger partial charge in [-0.2, -0.15) is 0 Å². The van der Waals surface area contributed by atoms with E-state index in [0.29, 0.717) is 11.4 Å². The summed E-state index contributed by atoms with van der Waals surface area (Å²) in [5, 5.41) is 0. The van der Waals surface area contributed by atoms with E-state index in [2.05, 4.69) is 16.9 Å². The molecule has 1 aliphatic rings. The van der Waals surface area contributed by atoms with Crippen LogP contribution >= 0.6 is 0 Å². The molecule has 5 heteroatoms. The lowest BCUT2D eigenvalue weighted by Gasteiger charge is -2.10. The number of carbonyl (C=O) groups is 1. The second-order valence-electron chi connectivity index (χ2n) is 9.04. The van der Waals surface area contributed by atoms with Gasteiger partial charge in [0, 0.05) is 18.0 Å². The monoisotopic (exact) mass is 440 g/mol. The Labute approximate surface area is 192 Å². The molecule has 0 radical (unpaired) electrons. The molecule has 0 aliphatic heterocycles. The van der Waals surface area contributed by atoms with Crippen LogP contribution in [0, 0.1) is 11.7 Å². The van der Waals surface area contributed by atoms with Crippen LogP contribution in [0.5, 0.6) is 5.75 Å². The minimum absolute atomic E-state index is 0.0207. The first-order chi connectivity index (χ1) is 15.7. The van der Waals surface area contributed by atoms with Crippen molar-refractivity contribution in [3.8, 4) is 17.1 Å². The van der Waals surface area contributed by atoms with Crippen molar-refractivity contribution in [1.29, 1.82) is 0 Å². The molecule has 0 amide bonds. The summed E-state index contributed by atoms with van der Waals surface area (Å²) < 4.78 is 19.8. The van der Waals surface area contributed by atoms with Crippen LogP contribution < -0.4 is 4.74 Å². The van der Waals surface area contributed by atoms with Crippen LogP contribution in [0.25, 0.3) is 11.4 Å². The number of halogens is 1. The van der Waals surface area contributed by atoms with Gasteiger partial charge in [0.25, 0.3) is 0 Å². The molecule has 0 bridgehead atoms. The number of esters is 1. The summed E-state index contributed by atoms with van der Waals surface area (Å²) in [4.78, 5) is 21.0. The van der Waals surface area contributed by atoms with E-state index in [1.807, 2.05) is 12.4 Å². The van der Waals surface area contributed by atoms with Crippen molar-refractivity contribution in [3.05, 3.63) is 42.0 Å². The topological polar surface area (TPSA) is 52.1 Å². The van der Waals surface area contributed by atoms with E-state index in [9.17, 15) is 9.18 Å². The first-order valence-electron chi connectivity index (χ1n) is 12.5. The highest BCUT2D eigenvalue weighted by Gasteiger charge is 2.25. The van der Waals surface area contributed by atoms with Crippen LogP contribution in [-0.2, 0) is 11.2 Å². The molecule has 0 spiro atoms. The Morgan fingerprint density at radius 2 is 1.59 bits per heavy atom. The Kier molecular flexibility index (Phi) is 10.1. The summed E-state index contributed by atoms with van der Waals surface area (Å²) in [7, 11) is 0. The summed E-state index contributed by atoms with van der Waals surface area (Å²) in [5.41, 5.74) is 1.69. The number of carbonyl (C=O) groups excluding carboxylic acids is 1. The van der Waals surface area contributed by atoms with Crippen molar-refractivity contribution in [2.45, 2.75) is 96.8 Å². The second-order valence-corrected chi connectivity index (χ2v) is 9.04. The number of benzene rings is 1. The van der Waals surface area contributed by atoms with Gasteiger partial charge < -0.3 is 4.74 Å². The fraction of sp³-hybridized carbons (Fsp3) is 0.593. The number of nitrogens with zero attached hydrogens (tertiary/aromatic N) is 2. The van der Waals surface area contributed by atoms with E-state index >= 15 is 0 Å². The highest BCUT2D eigenvalue weighted by molar-refractivity contribution is 5.75. The number of unbranched alkanes of at least 4 members (excludes halogenated alkanes) is 8. The van der Waals surface area contributed by atoms with Gasteiger partial charge >= 0.3 is 5.97 Å². The first kappa shape index (κ1) is 24.3. The number of ether oxygens (including phenoxy) is 1. The van der Waals surface area contributed by atoms with E-state index in [4.69, 9.17) is 4.74 Å². The zero-order chi connectivity index (χ0) is 22.6. The van der Waals surface area contributed by atoms with Crippen LogP contribution in [0.1, 0.15) is 96.0 Å². The highest BCUT2D eigenvalue weighted by Crippen LogP contribution is 2.29. The number of hydrogen-bond donors (Lipinski definition) is 0. The van der Waals surface area contributed by atoms with Crippen LogP contribution in [-0.4, -0.2) is 15.9 Å². The molecule has 0 atom stereocenters. The van der Waals surface area contributed by atoms with E-state index in [-0.39, 0.29) is 17.6 Å². The lowest BCUT2D eigenvalue weighted by molar-refractivity contribution is -0.138. The zero-order valence-corrected chi connectivity index (χ0v) is 19.5. The molecule has 1 aliphatic carbocycles. The van der Waals surface area contributed by atoms with Gasteiger partial charge in [-0.15, -0.1) is 0 Å². The summed E-state index contributed by atoms with van der Waals surface area (Å²) in [6, 6.07) is 4.54. The molecule has 0 saturated heterocycles. The number of aryl methyl sites for hydroxylation is 1. The predicted molar refractivity (Wildman–Crippen MR) is 126 cm³/mol. The van der Waals surface area contributed by atoms with Crippen LogP contribution in [0.15, 0.2) is 30.6 Å². The molecule has 1 fully saturated rings. The van der Waals surface area contributed by atoms with Crippen molar-refractivity contribution in [1.82, 2.24) is 9.97 Å². The van der Waals surface area contributed by atoms with E-state index in [1.165, 1.54) is 63.5 Å². The molecule has 1 heterocycles. The van der Waals surface area contributed by atoms with Gasteiger partial charge in [-0.3, -0.25) is 4.79 Å². The Bertz CT molecular complexity index is 832. The third-order valence-electron chi connectivity index (χ3n) is 6.36. The summed E-state index contributed by atoms with van der Waals surface area (Å²) >= 11 is 0. The number of rotatable bonds is 13. The number of aromatic nitrogens is 2. The molecular formula is C27H37FN2O2. The van der Waals surface area contributed by atoms with Crippen molar-refractivity contribution in [3.63, 3.8) is 0 Å².